The van der Waals surface area contributed by atoms with Gasteiger partial charge in [-0.3, -0.25) is 0 Å². The fourth-order valence-corrected chi connectivity index (χ4v) is 5.44. The van der Waals surface area contributed by atoms with Crippen molar-refractivity contribution in [3.8, 4) is 0 Å². The summed E-state index contributed by atoms with van der Waals surface area (Å²) in [5.74, 6) is 1.61. The Morgan fingerprint density at radius 1 is 0.486 bits per heavy atom. The summed E-state index contributed by atoms with van der Waals surface area (Å²) in [4.78, 5) is 0. The van der Waals surface area contributed by atoms with Crippen LogP contribution in [0.1, 0.15) is 181 Å². The highest BCUT2D eigenvalue weighted by molar-refractivity contribution is 4.84. The summed E-state index contributed by atoms with van der Waals surface area (Å²) < 4.78 is 5.23. The molecule has 0 aliphatic heterocycles. The van der Waals surface area contributed by atoms with Gasteiger partial charge in [-0.1, -0.05) is 143 Å². The van der Waals surface area contributed by atoms with Crippen LogP contribution in [0.3, 0.4) is 0 Å². The Kier molecular flexibility index (Phi) is 22.9. The van der Waals surface area contributed by atoms with E-state index >= 15 is 0 Å². The summed E-state index contributed by atoms with van der Waals surface area (Å²) >= 11 is 0. The lowest BCUT2D eigenvalue weighted by molar-refractivity contribution is -0.704. The maximum absolute atomic E-state index is 2.61. The Morgan fingerprint density at radius 2 is 0.886 bits per heavy atom. The predicted molar refractivity (Wildman–Crippen MR) is 156 cm³/mol. The van der Waals surface area contributed by atoms with Gasteiger partial charge in [0.25, 0.3) is 5.82 Å². The van der Waals surface area contributed by atoms with Gasteiger partial charge in [0.1, 0.15) is 12.4 Å². The maximum Gasteiger partial charge on any atom is 0.256 e. The van der Waals surface area contributed by atoms with Gasteiger partial charge in [0.2, 0.25) is 0 Å². The summed E-state index contributed by atoms with van der Waals surface area (Å²) in [5.41, 5.74) is 0. The fraction of sp³-hybridized carbons (Fsp3) is 0.909. The number of imidazole rings is 1. The average molecular weight is 490 g/mol. The first-order valence-corrected chi connectivity index (χ1v) is 16.4. The molecule has 1 heterocycles. The van der Waals surface area contributed by atoms with Crippen molar-refractivity contribution >= 4 is 0 Å². The molecule has 0 radical (unpaired) electrons. The van der Waals surface area contributed by atoms with Gasteiger partial charge in [-0.05, 0) is 32.1 Å². The lowest BCUT2D eigenvalue weighted by atomic mass is 10.1. The van der Waals surface area contributed by atoms with E-state index in [-0.39, 0.29) is 0 Å². The zero-order valence-electron chi connectivity index (χ0n) is 24.6. The molecular formula is C33H65N2+. The molecule has 1 aromatic rings. The predicted octanol–water partition coefficient (Wildman–Crippen LogP) is 10.7. The van der Waals surface area contributed by atoms with E-state index in [0.717, 1.165) is 0 Å². The van der Waals surface area contributed by atoms with Crippen LogP contribution in [0.5, 0.6) is 0 Å². The molecule has 0 saturated heterocycles. The molecule has 0 spiro atoms. The monoisotopic (exact) mass is 490 g/mol. The van der Waals surface area contributed by atoms with Crippen LogP contribution in [0.2, 0.25) is 0 Å². The van der Waals surface area contributed by atoms with Crippen molar-refractivity contribution in [1.82, 2.24) is 4.57 Å². The number of hydrogen-bond acceptors (Lipinski definition) is 0. The van der Waals surface area contributed by atoms with Crippen LogP contribution < -0.4 is 4.57 Å². The van der Waals surface area contributed by atoms with E-state index in [4.69, 9.17) is 0 Å². The Balaban J connectivity index is 2.37. The van der Waals surface area contributed by atoms with Gasteiger partial charge in [0.15, 0.2) is 0 Å². The minimum atomic E-state index is 1.23. The van der Waals surface area contributed by atoms with Crippen LogP contribution >= 0.6 is 0 Å². The van der Waals surface area contributed by atoms with Crippen molar-refractivity contribution in [2.75, 3.05) is 0 Å². The van der Waals surface area contributed by atoms with Crippen LogP contribution in [-0.2, 0) is 19.5 Å². The highest BCUT2D eigenvalue weighted by Crippen LogP contribution is 2.14. The fourth-order valence-electron chi connectivity index (χ4n) is 5.44. The van der Waals surface area contributed by atoms with Crippen molar-refractivity contribution in [1.29, 1.82) is 0 Å². The second-order valence-electron chi connectivity index (χ2n) is 11.3. The van der Waals surface area contributed by atoms with Crippen LogP contribution in [0.4, 0.5) is 0 Å². The molecule has 0 aliphatic carbocycles. The third kappa shape index (κ3) is 18.2. The number of nitrogens with zero attached hydrogens (tertiary/aromatic N) is 2. The van der Waals surface area contributed by atoms with E-state index < -0.39 is 0 Å². The molecule has 2 heteroatoms. The molecule has 0 bridgehead atoms. The third-order valence-electron chi connectivity index (χ3n) is 7.85. The molecule has 0 unspecified atom stereocenters. The minimum absolute atomic E-state index is 1.23. The Hall–Kier alpha value is -0.790. The average Bonchev–Trinajstić information content (AvgIpc) is 3.25. The number of hydrogen-bond donors (Lipinski definition) is 0. The number of aryl methyl sites for hydroxylation is 2. The van der Waals surface area contributed by atoms with E-state index in [1.54, 1.807) is 5.82 Å². The number of aromatic nitrogens is 2. The molecule has 0 amide bonds. The Morgan fingerprint density at radius 3 is 1.37 bits per heavy atom. The lowest BCUT2D eigenvalue weighted by Crippen LogP contribution is -2.37. The topological polar surface area (TPSA) is 8.81 Å². The van der Waals surface area contributed by atoms with Crippen LogP contribution in [-0.4, -0.2) is 4.57 Å². The summed E-state index contributed by atoms with van der Waals surface area (Å²) in [6, 6.07) is 0. The highest BCUT2D eigenvalue weighted by atomic mass is 15.1. The zero-order valence-corrected chi connectivity index (χ0v) is 24.6. The minimum Gasteiger partial charge on any atom is -0.234 e. The molecule has 0 fully saturated rings. The molecule has 35 heavy (non-hydrogen) atoms. The third-order valence-corrected chi connectivity index (χ3v) is 7.85. The largest absolute Gasteiger partial charge is 0.256 e. The summed E-state index contributed by atoms with van der Waals surface area (Å²) in [7, 11) is 0. The van der Waals surface area contributed by atoms with Crippen molar-refractivity contribution in [3.63, 3.8) is 0 Å². The second kappa shape index (κ2) is 24.9. The molecule has 0 aromatic carbocycles. The van der Waals surface area contributed by atoms with Gasteiger partial charge in [-0.15, -0.1) is 0 Å². The van der Waals surface area contributed by atoms with Gasteiger partial charge in [-0.25, -0.2) is 9.13 Å². The van der Waals surface area contributed by atoms with Gasteiger partial charge < -0.3 is 0 Å². The smallest absolute Gasteiger partial charge is 0.234 e. The normalized spacial score (nSPS) is 11.5. The molecule has 1 rings (SSSR count). The molecule has 2 nitrogen and oxygen atoms in total. The molecule has 206 valence electrons. The first kappa shape index (κ1) is 32.2. The Labute approximate surface area is 221 Å². The quantitative estimate of drug-likeness (QED) is 0.0858. The molecule has 0 atom stereocenters. The van der Waals surface area contributed by atoms with E-state index in [9.17, 15) is 0 Å². The maximum atomic E-state index is 2.61. The van der Waals surface area contributed by atoms with Gasteiger partial charge in [0.05, 0.1) is 13.1 Å². The van der Waals surface area contributed by atoms with Crippen molar-refractivity contribution in [3.05, 3.63) is 18.2 Å². The van der Waals surface area contributed by atoms with Crippen LogP contribution in [0, 0.1) is 0 Å². The lowest BCUT2D eigenvalue weighted by Gasteiger charge is -2.07. The van der Waals surface area contributed by atoms with E-state index in [2.05, 4.69) is 42.3 Å². The van der Waals surface area contributed by atoms with E-state index in [1.165, 1.54) is 174 Å². The summed E-state index contributed by atoms with van der Waals surface area (Å²) in [6.07, 6.45) is 39.9. The van der Waals surface area contributed by atoms with Crippen LogP contribution in [0.25, 0.3) is 0 Å². The first-order valence-electron chi connectivity index (χ1n) is 16.4. The number of rotatable bonds is 27. The number of unbranched alkanes of at least 4 members (excludes halogenated alkanes) is 21. The van der Waals surface area contributed by atoms with Crippen molar-refractivity contribution in [2.45, 2.75) is 194 Å². The zero-order chi connectivity index (χ0) is 25.2. The Bertz CT molecular complexity index is 547. The molecule has 1 aromatic heterocycles. The van der Waals surface area contributed by atoms with E-state index in [0.29, 0.717) is 0 Å². The highest BCUT2D eigenvalue weighted by Gasteiger charge is 2.16. The molecule has 0 aliphatic rings. The molecule has 0 saturated carbocycles. The first-order chi connectivity index (χ1) is 17.3. The van der Waals surface area contributed by atoms with Gasteiger partial charge in [-0.2, -0.15) is 0 Å². The van der Waals surface area contributed by atoms with E-state index in [1.807, 2.05) is 0 Å². The van der Waals surface area contributed by atoms with Gasteiger partial charge >= 0.3 is 0 Å². The summed E-state index contributed by atoms with van der Waals surface area (Å²) in [5, 5.41) is 0. The van der Waals surface area contributed by atoms with Gasteiger partial charge in [0, 0.05) is 6.42 Å². The van der Waals surface area contributed by atoms with Crippen molar-refractivity contribution in [2.24, 2.45) is 0 Å². The summed E-state index contributed by atoms with van der Waals surface area (Å²) in [6.45, 7) is 9.38. The standard InChI is InChI=1S/C33H65N2/c1-4-7-10-13-16-18-19-22-25-28-33-34(29-26-23-20-15-12-9-6-3)31-32-35(33)30-27-24-21-17-14-11-8-5-2/h31-32H,4-30H2,1-3H3/q+1. The molecule has 0 N–H and O–H groups in total. The van der Waals surface area contributed by atoms with Crippen LogP contribution in [0.15, 0.2) is 12.4 Å². The molecular weight excluding hydrogens is 424 g/mol. The second-order valence-corrected chi connectivity index (χ2v) is 11.3. The van der Waals surface area contributed by atoms with Crippen molar-refractivity contribution < 1.29 is 4.57 Å². The SMILES string of the molecule is CCCCCCCCCCCc1n(CCCCCCCCC)cc[n+]1CCCCCCCCCC.